The molecule has 1 atom stereocenters. The molecule has 0 saturated heterocycles. The Morgan fingerprint density at radius 1 is 1.52 bits per heavy atom. The predicted octanol–water partition coefficient (Wildman–Crippen LogP) is 1.72. The van der Waals surface area contributed by atoms with Crippen LogP contribution in [0.25, 0.3) is 20.5 Å². The molecule has 0 aromatic carbocycles. The van der Waals surface area contributed by atoms with Crippen LogP contribution in [0.15, 0.2) is 23.3 Å². The summed E-state index contributed by atoms with van der Waals surface area (Å²) in [5, 5.41) is 18.2. The Hall–Kier alpha value is -2.40. The molecular weight excluding hydrogens is 314 g/mol. The van der Waals surface area contributed by atoms with Crippen LogP contribution < -0.4 is 5.56 Å². The number of hydrogen-bond donors (Lipinski definition) is 3. The molecule has 0 amide bonds. The number of thiophene rings is 1. The van der Waals surface area contributed by atoms with E-state index in [0.717, 1.165) is 21.4 Å². The zero-order valence-corrected chi connectivity index (χ0v) is 13.1. The minimum Gasteiger partial charge on any atom is -0.372 e. The largest absolute Gasteiger partial charge is 0.372 e. The summed E-state index contributed by atoms with van der Waals surface area (Å²) in [4.78, 5) is 16.2. The quantitative estimate of drug-likeness (QED) is 0.594. The fraction of sp³-hybridized carbons (Fsp3) is 0.250. The smallest absolute Gasteiger partial charge is 0.266 e. The Kier molecular flexibility index (Phi) is 3.13. The lowest BCUT2D eigenvalue weighted by molar-refractivity contribution is -0.0369. The van der Waals surface area contributed by atoms with E-state index in [4.69, 9.17) is 4.74 Å². The Bertz CT molecular complexity index is 1010. The summed E-state index contributed by atoms with van der Waals surface area (Å²) in [7, 11) is 0. The highest BCUT2D eigenvalue weighted by atomic mass is 32.1. The summed E-state index contributed by atoms with van der Waals surface area (Å²) < 4.78 is 6.13. The van der Waals surface area contributed by atoms with Crippen molar-refractivity contribution in [1.29, 1.82) is 0 Å². The molecule has 3 N–H and O–H groups in total. The van der Waals surface area contributed by atoms with E-state index in [2.05, 4.69) is 27.0 Å². The standard InChI is InChI=1S/C16H13N3O3S/c1-2-3-16(21)8-22-7-11-10-4-12(9-5-17-18-6-9)23-13(10)15(20)19-14(11)16/h4-6,21H,7-8H2,1H3,(H,17,18)(H,19,20). The summed E-state index contributed by atoms with van der Waals surface area (Å²) in [6.07, 6.45) is 3.49. The Labute approximate surface area is 135 Å². The minimum absolute atomic E-state index is 0.0427. The van der Waals surface area contributed by atoms with E-state index in [1.54, 1.807) is 19.3 Å². The molecule has 3 aromatic heterocycles. The van der Waals surface area contributed by atoms with Gasteiger partial charge in [-0.1, -0.05) is 5.92 Å². The number of hydrogen-bond acceptors (Lipinski definition) is 5. The van der Waals surface area contributed by atoms with Gasteiger partial charge in [-0.25, -0.2) is 0 Å². The molecule has 3 aromatic rings. The number of pyridine rings is 1. The fourth-order valence-corrected chi connectivity index (χ4v) is 3.94. The average molecular weight is 327 g/mol. The summed E-state index contributed by atoms with van der Waals surface area (Å²) in [6, 6.07) is 1.94. The molecule has 0 spiro atoms. The van der Waals surface area contributed by atoms with E-state index in [0.29, 0.717) is 17.0 Å². The maximum absolute atomic E-state index is 12.5. The van der Waals surface area contributed by atoms with Gasteiger partial charge in [0.1, 0.15) is 4.70 Å². The lowest BCUT2D eigenvalue weighted by atomic mass is 9.92. The molecule has 0 bridgehead atoms. The molecule has 1 aliphatic heterocycles. The fourth-order valence-electron chi connectivity index (χ4n) is 2.87. The van der Waals surface area contributed by atoms with Gasteiger partial charge in [-0.15, -0.1) is 17.3 Å². The van der Waals surface area contributed by atoms with Crippen LogP contribution in [-0.4, -0.2) is 26.9 Å². The minimum atomic E-state index is -1.48. The molecular formula is C16H13N3O3S. The first-order valence-electron chi connectivity index (χ1n) is 7.05. The third-order valence-electron chi connectivity index (χ3n) is 3.89. The van der Waals surface area contributed by atoms with Gasteiger partial charge in [0.2, 0.25) is 0 Å². The van der Waals surface area contributed by atoms with E-state index in [9.17, 15) is 9.90 Å². The summed E-state index contributed by atoms with van der Waals surface area (Å²) in [5.74, 6) is 5.44. The molecule has 0 fully saturated rings. The highest BCUT2D eigenvalue weighted by Crippen LogP contribution is 2.37. The molecule has 116 valence electrons. The van der Waals surface area contributed by atoms with Gasteiger partial charge >= 0.3 is 0 Å². The first-order valence-corrected chi connectivity index (χ1v) is 7.86. The van der Waals surface area contributed by atoms with Gasteiger partial charge < -0.3 is 14.8 Å². The maximum atomic E-state index is 12.5. The van der Waals surface area contributed by atoms with Crippen molar-refractivity contribution in [2.45, 2.75) is 19.1 Å². The molecule has 6 nitrogen and oxygen atoms in total. The van der Waals surface area contributed by atoms with Gasteiger partial charge in [0.15, 0.2) is 5.60 Å². The van der Waals surface area contributed by atoms with Crippen molar-refractivity contribution in [3.05, 3.63) is 40.1 Å². The lowest BCUT2D eigenvalue weighted by Crippen LogP contribution is -2.38. The Balaban J connectivity index is 2.02. The normalized spacial score (nSPS) is 20.1. The second-order valence-corrected chi connectivity index (χ2v) is 6.43. The molecule has 0 aliphatic carbocycles. The van der Waals surface area contributed by atoms with Crippen molar-refractivity contribution >= 4 is 21.4 Å². The van der Waals surface area contributed by atoms with E-state index >= 15 is 0 Å². The number of nitrogens with one attached hydrogen (secondary N) is 2. The lowest BCUT2D eigenvalue weighted by Gasteiger charge is -2.29. The Morgan fingerprint density at radius 2 is 2.39 bits per heavy atom. The first-order chi connectivity index (χ1) is 11.1. The predicted molar refractivity (Wildman–Crippen MR) is 87.0 cm³/mol. The number of aromatic nitrogens is 3. The SMILES string of the molecule is CC#CC1(O)COCc2c1[nH]c(=O)c1sc(-c3cn[nH]c3)cc21. The van der Waals surface area contributed by atoms with Gasteiger partial charge in [-0.3, -0.25) is 9.89 Å². The molecule has 1 unspecified atom stereocenters. The van der Waals surface area contributed by atoms with Gasteiger partial charge in [0.05, 0.1) is 25.1 Å². The zero-order valence-electron chi connectivity index (χ0n) is 12.3. The second kappa shape index (κ2) is 5.06. The van der Waals surface area contributed by atoms with E-state index in [1.165, 1.54) is 11.3 Å². The monoisotopic (exact) mass is 327 g/mol. The molecule has 4 rings (SSSR count). The molecule has 1 aliphatic rings. The van der Waals surface area contributed by atoms with Crippen LogP contribution in [0.1, 0.15) is 18.2 Å². The van der Waals surface area contributed by atoms with E-state index in [1.807, 2.05) is 6.07 Å². The van der Waals surface area contributed by atoms with Crippen LogP contribution in [0.4, 0.5) is 0 Å². The summed E-state index contributed by atoms with van der Waals surface area (Å²) >= 11 is 1.39. The van der Waals surface area contributed by atoms with Gasteiger partial charge in [-0.05, 0) is 13.0 Å². The van der Waals surface area contributed by atoms with Crippen molar-refractivity contribution in [3.8, 4) is 22.3 Å². The number of nitrogens with zero attached hydrogens (tertiary/aromatic N) is 1. The molecule has 23 heavy (non-hydrogen) atoms. The van der Waals surface area contributed by atoms with Crippen molar-refractivity contribution in [3.63, 3.8) is 0 Å². The molecule has 7 heteroatoms. The highest BCUT2D eigenvalue weighted by molar-refractivity contribution is 7.22. The highest BCUT2D eigenvalue weighted by Gasteiger charge is 2.36. The number of fused-ring (bicyclic) bond motifs is 3. The van der Waals surface area contributed by atoms with E-state index < -0.39 is 5.60 Å². The molecule has 0 radical (unpaired) electrons. The summed E-state index contributed by atoms with van der Waals surface area (Å²) in [6.45, 7) is 2.02. The van der Waals surface area contributed by atoms with Gasteiger partial charge in [0.25, 0.3) is 5.56 Å². The van der Waals surface area contributed by atoms with Crippen LogP contribution >= 0.6 is 11.3 Å². The molecule has 4 heterocycles. The second-order valence-electron chi connectivity index (χ2n) is 5.38. The van der Waals surface area contributed by atoms with E-state index in [-0.39, 0.29) is 12.2 Å². The van der Waals surface area contributed by atoms with Gasteiger partial charge in [-0.2, -0.15) is 5.10 Å². The first kappa shape index (κ1) is 14.2. The van der Waals surface area contributed by atoms with Crippen molar-refractivity contribution in [2.24, 2.45) is 0 Å². The van der Waals surface area contributed by atoms with Crippen LogP contribution in [0.2, 0.25) is 0 Å². The van der Waals surface area contributed by atoms with Crippen LogP contribution in [-0.2, 0) is 16.9 Å². The van der Waals surface area contributed by atoms with Crippen molar-refractivity contribution < 1.29 is 9.84 Å². The Morgan fingerprint density at radius 3 is 3.13 bits per heavy atom. The molecule has 0 saturated carbocycles. The summed E-state index contributed by atoms with van der Waals surface area (Å²) in [5.41, 5.74) is 0.429. The van der Waals surface area contributed by atoms with Crippen LogP contribution in [0.5, 0.6) is 0 Å². The topological polar surface area (TPSA) is 91.0 Å². The number of H-pyrrole nitrogens is 2. The van der Waals surface area contributed by atoms with Crippen molar-refractivity contribution in [2.75, 3.05) is 6.61 Å². The van der Waals surface area contributed by atoms with Gasteiger partial charge in [0, 0.05) is 27.6 Å². The average Bonchev–Trinajstić information content (AvgIpc) is 3.18. The number of ether oxygens (including phenoxy) is 1. The van der Waals surface area contributed by atoms with Crippen molar-refractivity contribution in [1.82, 2.24) is 15.2 Å². The third-order valence-corrected chi connectivity index (χ3v) is 5.07. The third kappa shape index (κ3) is 2.11. The number of rotatable bonds is 1. The zero-order chi connectivity index (χ0) is 16.0. The van der Waals surface area contributed by atoms with Crippen LogP contribution in [0, 0.1) is 11.8 Å². The number of aromatic amines is 2. The maximum Gasteiger partial charge on any atom is 0.266 e. The number of aliphatic hydroxyl groups is 1. The van der Waals surface area contributed by atoms with Crippen LogP contribution in [0.3, 0.4) is 0 Å².